The Morgan fingerprint density at radius 3 is 1.41 bits per heavy atom. The second-order valence-corrected chi connectivity index (χ2v) is 14.5. The van der Waals surface area contributed by atoms with E-state index >= 15 is 17.6 Å². The third-order valence-corrected chi connectivity index (χ3v) is 11.6. The van der Waals surface area contributed by atoms with E-state index in [-0.39, 0.29) is 16.9 Å². The van der Waals surface area contributed by atoms with Crippen LogP contribution < -0.4 is 0 Å². The first-order valence-electron chi connectivity index (χ1n) is 18.6. The van der Waals surface area contributed by atoms with Crippen molar-refractivity contribution in [3.63, 3.8) is 0 Å². The molecule has 5 nitrogen and oxygen atoms in total. The molecule has 0 aliphatic rings. The van der Waals surface area contributed by atoms with Crippen LogP contribution in [0.2, 0.25) is 0 Å². The summed E-state index contributed by atoms with van der Waals surface area (Å²) in [6.45, 7) is 0. The van der Waals surface area contributed by atoms with E-state index in [1.165, 1.54) is 12.1 Å². The molecule has 0 bridgehead atoms. The van der Waals surface area contributed by atoms with Crippen LogP contribution in [0.25, 0.3) is 110 Å². The number of furan rings is 2. The fourth-order valence-electron chi connectivity index (χ4n) is 9.10. The average Bonchev–Trinajstić information content (AvgIpc) is 4.02. The maximum atomic E-state index is 16.2. The van der Waals surface area contributed by atoms with Gasteiger partial charge >= 0.3 is 0 Å². The molecule has 0 aliphatic carbocycles. The van der Waals surface area contributed by atoms with Crippen molar-refractivity contribution in [1.82, 2.24) is 9.13 Å². The summed E-state index contributed by atoms with van der Waals surface area (Å²) in [6.07, 6.45) is 0. The molecule has 8 aromatic carbocycles. The fourth-order valence-corrected chi connectivity index (χ4v) is 9.10. The number of aromatic nitrogens is 2. The number of halogens is 5. The van der Waals surface area contributed by atoms with Crippen LogP contribution >= 0.6 is 0 Å². The Bertz CT molecular complexity index is 3850. The zero-order valence-electron chi connectivity index (χ0n) is 30.2. The maximum Gasteiger partial charge on any atom is 0.200 e. The van der Waals surface area contributed by atoms with Gasteiger partial charge in [0.1, 0.15) is 22.8 Å². The molecule has 0 saturated carbocycles. The van der Waals surface area contributed by atoms with E-state index in [1.807, 2.05) is 114 Å². The lowest BCUT2D eigenvalue weighted by Crippen LogP contribution is -2.10. The Morgan fingerprint density at radius 2 is 0.864 bits per heavy atom. The van der Waals surface area contributed by atoms with E-state index in [9.17, 15) is 9.65 Å². The summed E-state index contributed by atoms with van der Waals surface area (Å²) >= 11 is 0. The van der Waals surface area contributed by atoms with Gasteiger partial charge in [-0.15, -0.1) is 0 Å². The molecule has 0 radical (unpaired) electrons. The minimum absolute atomic E-state index is 0.113. The molecule has 0 aliphatic heterocycles. The summed E-state index contributed by atoms with van der Waals surface area (Å²) in [4.78, 5) is 0. The molecule has 12 aromatic rings. The van der Waals surface area contributed by atoms with E-state index in [4.69, 9.17) is 8.83 Å². The van der Waals surface area contributed by atoms with Crippen molar-refractivity contribution in [1.29, 1.82) is 5.26 Å². The number of benzene rings is 8. The molecule has 280 valence electrons. The van der Waals surface area contributed by atoms with Crippen molar-refractivity contribution in [2.45, 2.75) is 0 Å². The first-order chi connectivity index (χ1) is 28.9. The highest BCUT2D eigenvalue weighted by molar-refractivity contribution is 6.23. The van der Waals surface area contributed by atoms with E-state index in [1.54, 1.807) is 16.7 Å². The van der Waals surface area contributed by atoms with Crippen LogP contribution in [0.4, 0.5) is 22.0 Å². The quantitative estimate of drug-likeness (QED) is 0.102. The van der Waals surface area contributed by atoms with Crippen molar-refractivity contribution >= 4 is 87.5 Å². The minimum Gasteiger partial charge on any atom is -0.454 e. The number of rotatable bonds is 3. The second-order valence-electron chi connectivity index (χ2n) is 14.5. The Balaban J connectivity index is 1.32. The standard InChI is InChI=1S/C49H22F5N3O2/c50-40-39(41(51)43(53)44(54)42(40)52)32-21-22-36(56-34-13-5-1-9-24(34)28-17-19-30-26-11-3-7-15-37(26)58-48(30)46(28)56)33(23-55)45(32)57-35-14-6-2-10-25(35)29-18-20-31-27-12-4-8-16-38(27)59-49(31)47(29)57/h1-22H. The van der Waals surface area contributed by atoms with Gasteiger partial charge in [0, 0.05) is 48.7 Å². The smallest absolute Gasteiger partial charge is 0.200 e. The molecule has 4 heterocycles. The molecule has 0 saturated heterocycles. The number of para-hydroxylation sites is 4. The first-order valence-corrected chi connectivity index (χ1v) is 18.6. The van der Waals surface area contributed by atoms with E-state index in [0.29, 0.717) is 55.2 Å². The van der Waals surface area contributed by atoms with Gasteiger partial charge in [-0.3, -0.25) is 0 Å². The summed E-state index contributed by atoms with van der Waals surface area (Å²) in [5, 5.41) is 17.7. The topological polar surface area (TPSA) is 59.9 Å². The van der Waals surface area contributed by atoms with Gasteiger partial charge in [-0.25, -0.2) is 22.0 Å². The lowest BCUT2D eigenvalue weighted by atomic mass is 9.96. The SMILES string of the molecule is N#Cc1c(-n2c3ccccc3c3ccc4c5ccccc5oc4c32)ccc(-c2c(F)c(F)c(F)c(F)c2F)c1-n1c2ccccc2c2ccc3c4ccccc4oc3c21. The lowest BCUT2D eigenvalue weighted by Gasteiger charge is -2.20. The van der Waals surface area contributed by atoms with Crippen LogP contribution in [0.1, 0.15) is 5.56 Å². The second kappa shape index (κ2) is 11.8. The maximum absolute atomic E-state index is 16.2. The molecular weight excluding hydrogens is 758 g/mol. The third-order valence-electron chi connectivity index (χ3n) is 11.6. The number of fused-ring (bicyclic) bond motifs is 14. The van der Waals surface area contributed by atoms with Gasteiger partial charge in [0.15, 0.2) is 34.4 Å². The van der Waals surface area contributed by atoms with Crippen LogP contribution in [-0.2, 0) is 0 Å². The molecule has 4 aromatic heterocycles. The third kappa shape index (κ3) is 4.25. The zero-order chi connectivity index (χ0) is 39.8. The predicted octanol–water partition coefficient (Wildman–Crippen LogP) is 13.9. The molecule has 0 N–H and O–H groups in total. The predicted molar refractivity (Wildman–Crippen MR) is 220 cm³/mol. The molecule has 0 amide bonds. The van der Waals surface area contributed by atoms with Crippen LogP contribution in [0.15, 0.2) is 142 Å². The highest BCUT2D eigenvalue weighted by Crippen LogP contribution is 2.47. The van der Waals surface area contributed by atoms with Gasteiger partial charge in [-0.05, 0) is 48.5 Å². The molecule has 0 spiro atoms. The highest BCUT2D eigenvalue weighted by Gasteiger charge is 2.32. The number of hydrogen-bond donors (Lipinski definition) is 0. The van der Waals surface area contributed by atoms with Gasteiger partial charge in [0.2, 0.25) is 5.82 Å². The summed E-state index contributed by atoms with van der Waals surface area (Å²) in [6, 6.07) is 42.8. The molecule has 0 atom stereocenters. The van der Waals surface area contributed by atoms with Gasteiger partial charge in [-0.1, -0.05) is 84.9 Å². The van der Waals surface area contributed by atoms with E-state index in [2.05, 4.69) is 6.07 Å². The molecule has 0 fully saturated rings. The lowest BCUT2D eigenvalue weighted by molar-refractivity contribution is 0.381. The monoisotopic (exact) mass is 779 g/mol. The van der Waals surface area contributed by atoms with Gasteiger partial charge in [0.05, 0.1) is 39.0 Å². The summed E-state index contributed by atoms with van der Waals surface area (Å²) in [5.41, 5.74) is 2.86. The molecule has 12 rings (SSSR count). The van der Waals surface area contributed by atoms with Crippen molar-refractivity contribution in [3.8, 4) is 28.6 Å². The summed E-state index contributed by atoms with van der Waals surface area (Å²) in [5.74, 6) is -10.6. The largest absolute Gasteiger partial charge is 0.454 e. The first kappa shape index (κ1) is 33.3. The van der Waals surface area contributed by atoms with Crippen molar-refractivity contribution < 1.29 is 30.8 Å². The van der Waals surface area contributed by atoms with Gasteiger partial charge < -0.3 is 18.0 Å². The molecule has 10 heteroatoms. The highest BCUT2D eigenvalue weighted by atomic mass is 19.2. The Labute approximate surface area is 328 Å². The van der Waals surface area contributed by atoms with Crippen LogP contribution in [0.3, 0.4) is 0 Å². The van der Waals surface area contributed by atoms with Gasteiger partial charge in [-0.2, -0.15) is 5.26 Å². The van der Waals surface area contributed by atoms with E-state index < -0.39 is 40.2 Å². The number of hydrogen-bond acceptors (Lipinski definition) is 3. The fraction of sp³-hybridized carbons (Fsp3) is 0. The normalized spacial score (nSPS) is 12.1. The van der Waals surface area contributed by atoms with Gasteiger partial charge in [0.25, 0.3) is 0 Å². The van der Waals surface area contributed by atoms with Crippen molar-refractivity contribution in [3.05, 3.63) is 168 Å². The Kier molecular flexibility index (Phi) is 6.66. The molecular formula is C49H22F5N3O2. The minimum atomic E-state index is -2.29. The van der Waals surface area contributed by atoms with Crippen LogP contribution in [0.5, 0.6) is 0 Å². The van der Waals surface area contributed by atoms with Crippen LogP contribution in [-0.4, -0.2) is 9.13 Å². The number of nitriles is 1. The summed E-state index contributed by atoms with van der Waals surface area (Å²) in [7, 11) is 0. The number of nitrogens with zero attached hydrogens (tertiary/aromatic N) is 3. The van der Waals surface area contributed by atoms with Crippen LogP contribution in [0, 0.1) is 40.4 Å². The van der Waals surface area contributed by atoms with Crippen molar-refractivity contribution in [2.24, 2.45) is 0 Å². The molecule has 0 unspecified atom stereocenters. The van der Waals surface area contributed by atoms with E-state index in [0.717, 1.165) is 32.3 Å². The Hall–Kier alpha value is -7.90. The molecule has 59 heavy (non-hydrogen) atoms. The Morgan fingerprint density at radius 1 is 0.424 bits per heavy atom. The zero-order valence-corrected chi connectivity index (χ0v) is 30.2. The van der Waals surface area contributed by atoms with Crippen molar-refractivity contribution in [2.75, 3.05) is 0 Å². The summed E-state index contributed by atoms with van der Waals surface area (Å²) < 4.78 is 94.0. The average molecular weight is 780 g/mol.